The van der Waals surface area contributed by atoms with Crippen molar-refractivity contribution in [2.75, 3.05) is 6.54 Å². The molecule has 1 N–H and O–H groups in total. The normalized spacial score (nSPS) is 49.5. The largest absolute Gasteiger partial charge is 0.314 e. The summed E-state index contributed by atoms with van der Waals surface area (Å²) in [5, 5.41) is 3.62. The third-order valence-corrected chi connectivity index (χ3v) is 5.07. The predicted octanol–water partition coefficient (Wildman–Crippen LogP) is 2.81. The number of hydrogen-bond acceptors (Lipinski definition) is 1. The molecule has 0 aromatic carbocycles. The Kier molecular flexibility index (Phi) is 1.96. The molecular weight excluding hydrogens is 170 g/mol. The van der Waals surface area contributed by atoms with E-state index >= 15 is 0 Å². The quantitative estimate of drug-likeness (QED) is 0.727. The van der Waals surface area contributed by atoms with E-state index in [-0.39, 0.29) is 0 Å². The second-order valence-electron chi connectivity index (χ2n) is 6.28. The van der Waals surface area contributed by atoms with E-state index in [1.165, 1.54) is 6.54 Å². The van der Waals surface area contributed by atoms with Gasteiger partial charge in [-0.2, -0.15) is 0 Å². The maximum atomic E-state index is 3.62. The maximum Gasteiger partial charge on any atom is 0.00104 e. The molecule has 14 heavy (non-hydrogen) atoms. The van der Waals surface area contributed by atoms with E-state index in [2.05, 4.69) is 19.2 Å². The Balaban J connectivity index is 1.57. The van der Waals surface area contributed by atoms with Crippen molar-refractivity contribution in [3.63, 3.8) is 0 Å². The van der Waals surface area contributed by atoms with Crippen molar-refractivity contribution in [3.8, 4) is 0 Å². The van der Waals surface area contributed by atoms with Gasteiger partial charge in [-0.25, -0.2) is 0 Å². The number of rotatable bonds is 3. The number of nitrogens with one attached hydrogen (secondary N) is 1. The summed E-state index contributed by atoms with van der Waals surface area (Å²) in [6.07, 6.45) is 7.83. The van der Waals surface area contributed by atoms with Crippen LogP contribution in [0.5, 0.6) is 0 Å². The van der Waals surface area contributed by atoms with Crippen LogP contribution in [0.25, 0.3) is 0 Å². The first-order valence-electron chi connectivity index (χ1n) is 6.44. The van der Waals surface area contributed by atoms with Crippen LogP contribution in [-0.4, -0.2) is 12.6 Å². The Morgan fingerprint density at radius 2 is 2.14 bits per heavy atom. The zero-order valence-corrected chi connectivity index (χ0v) is 9.55. The highest BCUT2D eigenvalue weighted by molar-refractivity contribution is 5.14. The van der Waals surface area contributed by atoms with Crippen LogP contribution in [0.4, 0.5) is 0 Å². The van der Waals surface area contributed by atoms with E-state index in [0.29, 0.717) is 6.04 Å². The van der Waals surface area contributed by atoms with Crippen molar-refractivity contribution >= 4 is 0 Å². The van der Waals surface area contributed by atoms with Crippen LogP contribution in [0.2, 0.25) is 0 Å². The molecular formula is C13H23N. The summed E-state index contributed by atoms with van der Waals surface area (Å²) in [6.45, 7) is 5.81. The Morgan fingerprint density at radius 1 is 1.29 bits per heavy atom. The summed E-state index contributed by atoms with van der Waals surface area (Å²) in [5.74, 6) is 3.30. The molecule has 1 spiro atoms. The standard InChI is InChI=1S/C13H23N/c1-9(2)14-8-12-7-13(12)6-10-3-4-11(13)5-10/h9-12,14H,3-8H2,1-2H3. The summed E-state index contributed by atoms with van der Waals surface area (Å²) in [5.41, 5.74) is 0.852. The Bertz CT molecular complexity index is 235. The van der Waals surface area contributed by atoms with E-state index in [9.17, 15) is 0 Å². The molecule has 0 heterocycles. The lowest BCUT2D eigenvalue weighted by Gasteiger charge is -2.23. The number of fused-ring (bicyclic) bond motifs is 3. The van der Waals surface area contributed by atoms with E-state index < -0.39 is 0 Å². The molecule has 3 aliphatic carbocycles. The third kappa shape index (κ3) is 1.25. The first kappa shape index (κ1) is 9.21. The van der Waals surface area contributed by atoms with Crippen molar-refractivity contribution in [1.29, 1.82) is 0 Å². The second kappa shape index (κ2) is 2.98. The van der Waals surface area contributed by atoms with Gasteiger partial charge in [-0.1, -0.05) is 20.3 Å². The van der Waals surface area contributed by atoms with Crippen LogP contribution in [0.3, 0.4) is 0 Å². The fourth-order valence-corrected chi connectivity index (χ4v) is 4.29. The van der Waals surface area contributed by atoms with E-state index in [0.717, 1.165) is 23.2 Å². The molecule has 0 saturated heterocycles. The molecule has 0 amide bonds. The van der Waals surface area contributed by atoms with Gasteiger partial charge >= 0.3 is 0 Å². The van der Waals surface area contributed by atoms with E-state index in [4.69, 9.17) is 0 Å². The molecule has 3 saturated carbocycles. The van der Waals surface area contributed by atoms with Crippen molar-refractivity contribution in [1.82, 2.24) is 5.32 Å². The highest BCUT2D eigenvalue weighted by atomic mass is 14.9. The number of hydrogen-bond donors (Lipinski definition) is 1. The summed E-state index contributed by atoms with van der Waals surface area (Å²) < 4.78 is 0. The molecule has 0 aliphatic heterocycles. The lowest BCUT2D eigenvalue weighted by Crippen LogP contribution is -2.27. The highest BCUT2D eigenvalue weighted by Gasteiger charge is 2.63. The first-order chi connectivity index (χ1) is 6.71. The molecule has 4 unspecified atom stereocenters. The van der Waals surface area contributed by atoms with Gasteiger partial charge in [0, 0.05) is 6.04 Å². The molecule has 3 aliphatic rings. The van der Waals surface area contributed by atoms with Crippen molar-refractivity contribution < 1.29 is 0 Å². The van der Waals surface area contributed by atoms with Crippen LogP contribution in [0.15, 0.2) is 0 Å². The molecule has 1 nitrogen and oxygen atoms in total. The van der Waals surface area contributed by atoms with E-state index in [1.54, 1.807) is 32.1 Å². The summed E-state index contributed by atoms with van der Waals surface area (Å²) in [4.78, 5) is 0. The topological polar surface area (TPSA) is 12.0 Å². The fraction of sp³-hybridized carbons (Fsp3) is 1.00. The van der Waals surface area contributed by atoms with Gasteiger partial charge in [0.1, 0.15) is 0 Å². The molecule has 0 radical (unpaired) electrons. The summed E-state index contributed by atoms with van der Waals surface area (Å²) >= 11 is 0. The van der Waals surface area contributed by atoms with Gasteiger partial charge in [-0.05, 0) is 55.4 Å². The van der Waals surface area contributed by atoms with Gasteiger partial charge in [0.05, 0.1) is 0 Å². The van der Waals surface area contributed by atoms with Crippen LogP contribution < -0.4 is 5.32 Å². The molecule has 3 fully saturated rings. The average Bonchev–Trinajstić information content (AvgIpc) is 2.55. The van der Waals surface area contributed by atoms with Crippen molar-refractivity contribution in [2.45, 2.75) is 52.0 Å². The Morgan fingerprint density at radius 3 is 2.71 bits per heavy atom. The van der Waals surface area contributed by atoms with E-state index in [1.807, 2.05) is 0 Å². The molecule has 2 bridgehead atoms. The highest BCUT2D eigenvalue weighted by Crippen LogP contribution is 2.71. The predicted molar refractivity (Wildman–Crippen MR) is 59.1 cm³/mol. The average molecular weight is 193 g/mol. The minimum absolute atomic E-state index is 0.672. The minimum Gasteiger partial charge on any atom is -0.314 e. The molecule has 0 aromatic rings. The van der Waals surface area contributed by atoms with Gasteiger partial charge in [-0.15, -0.1) is 0 Å². The molecule has 80 valence electrons. The molecule has 3 rings (SSSR count). The molecule has 4 atom stereocenters. The van der Waals surface area contributed by atoms with Gasteiger partial charge in [0.2, 0.25) is 0 Å². The first-order valence-corrected chi connectivity index (χ1v) is 6.44. The zero-order chi connectivity index (χ0) is 9.76. The third-order valence-electron chi connectivity index (χ3n) is 5.07. The van der Waals surface area contributed by atoms with Crippen LogP contribution in [-0.2, 0) is 0 Å². The van der Waals surface area contributed by atoms with Crippen molar-refractivity contribution in [2.24, 2.45) is 23.2 Å². The van der Waals surface area contributed by atoms with Gasteiger partial charge in [-0.3, -0.25) is 0 Å². The zero-order valence-electron chi connectivity index (χ0n) is 9.55. The van der Waals surface area contributed by atoms with Crippen LogP contribution in [0, 0.1) is 23.2 Å². The van der Waals surface area contributed by atoms with Gasteiger partial charge in [0.15, 0.2) is 0 Å². The molecule has 0 aromatic heterocycles. The van der Waals surface area contributed by atoms with Gasteiger partial charge < -0.3 is 5.32 Å². The Labute approximate surface area is 87.7 Å². The fourth-order valence-electron chi connectivity index (χ4n) is 4.29. The summed E-state index contributed by atoms with van der Waals surface area (Å²) in [6, 6.07) is 0.672. The lowest BCUT2D eigenvalue weighted by atomic mass is 9.84. The second-order valence-corrected chi connectivity index (χ2v) is 6.28. The summed E-state index contributed by atoms with van der Waals surface area (Å²) in [7, 11) is 0. The monoisotopic (exact) mass is 193 g/mol. The Hall–Kier alpha value is -0.0400. The van der Waals surface area contributed by atoms with Crippen LogP contribution >= 0.6 is 0 Å². The molecule has 1 heteroatoms. The smallest absolute Gasteiger partial charge is 0.00104 e. The van der Waals surface area contributed by atoms with Crippen LogP contribution in [0.1, 0.15) is 46.0 Å². The van der Waals surface area contributed by atoms with Gasteiger partial charge in [0.25, 0.3) is 0 Å². The lowest BCUT2D eigenvalue weighted by molar-refractivity contribution is 0.276. The maximum absolute atomic E-state index is 3.62. The minimum atomic E-state index is 0.672. The van der Waals surface area contributed by atoms with Crippen molar-refractivity contribution in [3.05, 3.63) is 0 Å². The SMILES string of the molecule is CC(C)NCC1CC12CC1CCC2C1.